The topological polar surface area (TPSA) is 48.2 Å². The van der Waals surface area contributed by atoms with Gasteiger partial charge in [0, 0.05) is 0 Å². The minimum absolute atomic E-state index is 0.301. The minimum Gasteiger partial charge on any atom is -0.484 e. The molecule has 7 rings (SSSR count). The molecule has 4 aliphatic rings. The molecule has 2 heterocycles. The van der Waals surface area contributed by atoms with Gasteiger partial charge in [0.15, 0.2) is 6.61 Å². The van der Waals surface area contributed by atoms with Gasteiger partial charge in [-0.3, -0.25) is 0 Å². The first-order valence-corrected chi connectivity index (χ1v) is 11.2. The fourth-order valence-corrected chi connectivity index (χ4v) is 6.97. The lowest BCUT2D eigenvalue weighted by Crippen LogP contribution is -2.48. The Morgan fingerprint density at radius 1 is 0.964 bits per heavy atom. The number of rotatable bonds is 5. The van der Waals surface area contributed by atoms with Gasteiger partial charge in [-0.25, -0.2) is 0 Å². The van der Waals surface area contributed by atoms with E-state index in [2.05, 4.69) is 34.5 Å². The molecule has 5 heteroatoms. The van der Waals surface area contributed by atoms with E-state index in [4.69, 9.17) is 9.15 Å². The Bertz CT molecular complexity index is 926. The maximum atomic E-state index is 5.90. The quantitative estimate of drug-likeness (QED) is 0.547. The predicted molar refractivity (Wildman–Crippen MR) is 108 cm³/mol. The standard InChI is InChI=1S/C23H24N2O2S/c1-2-20(28-7-1)22-25-24-21(27-22)14-26-19-5-3-18(4-6-19)23-11-15-8-16(12-23)10-17(9-15)13-23/h1-7,15-17H,8-14H2. The zero-order chi connectivity index (χ0) is 18.6. The summed E-state index contributed by atoms with van der Waals surface area (Å²) in [6, 6.07) is 12.8. The number of aromatic nitrogens is 2. The van der Waals surface area contributed by atoms with Crippen molar-refractivity contribution in [1.82, 2.24) is 10.2 Å². The summed E-state index contributed by atoms with van der Waals surface area (Å²) in [4.78, 5) is 0.985. The smallest absolute Gasteiger partial charge is 0.257 e. The molecule has 28 heavy (non-hydrogen) atoms. The van der Waals surface area contributed by atoms with Crippen molar-refractivity contribution in [1.29, 1.82) is 0 Å². The molecule has 0 aliphatic heterocycles. The van der Waals surface area contributed by atoms with Gasteiger partial charge in [-0.1, -0.05) is 18.2 Å². The second-order valence-corrected chi connectivity index (χ2v) is 9.94. The molecule has 0 N–H and O–H groups in total. The van der Waals surface area contributed by atoms with Gasteiger partial charge in [0.05, 0.1) is 4.88 Å². The molecule has 3 aromatic rings. The Balaban J connectivity index is 1.14. The highest BCUT2D eigenvalue weighted by Crippen LogP contribution is 2.60. The van der Waals surface area contributed by atoms with Crippen molar-refractivity contribution in [3.63, 3.8) is 0 Å². The van der Waals surface area contributed by atoms with Crippen molar-refractivity contribution in [2.75, 3.05) is 0 Å². The van der Waals surface area contributed by atoms with Gasteiger partial charge < -0.3 is 9.15 Å². The van der Waals surface area contributed by atoms with Crippen LogP contribution in [0.15, 0.2) is 46.2 Å². The lowest BCUT2D eigenvalue weighted by atomic mass is 9.48. The molecule has 0 saturated heterocycles. The SMILES string of the molecule is c1csc(-c2nnc(COc3ccc(C45CC6CC(CC(C6)C4)C5)cc3)o2)c1. The Kier molecular flexibility index (Phi) is 3.86. The van der Waals surface area contributed by atoms with Crippen LogP contribution in [-0.2, 0) is 12.0 Å². The number of hydrogen-bond donors (Lipinski definition) is 0. The second-order valence-electron chi connectivity index (χ2n) is 8.99. The van der Waals surface area contributed by atoms with Crippen LogP contribution in [0.5, 0.6) is 5.75 Å². The van der Waals surface area contributed by atoms with Crippen LogP contribution in [0.1, 0.15) is 50.0 Å². The fourth-order valence-electron chi connectivity index (χ4n) is 6.33. The number of thiophene rings is 1. The molecular weight excluding hydrogens is 368 g/mol. The Morgan fingerprint density at radius 3 is 2.32 bits per heavy atom. The molecule has 144 valence electrons. The molecule has 4 fully saturated rings. The van der Waals surface area contributed by atoms with Gasteiger partial charge in [-0.2, -0.15) is 0 Å². The van der Waals surface area contributed by atoms with E-state index < -0.39 is 0 Å². The molecule has 2 aromatic heterocycles. The summed E-state index contributed by atoms with van der Waals surface area (Å²) in [5.41, 5.74) is 1.96. The molecule has 4 nitrogen and oxygen atoms in total. The van der Waals surface area contributed by atoms with Crippen LogP contribution in [-0.4, -0.2) is 10.2 Å². The van der Waals surface area contributed by atoms with E-state index in [0.29, 0.717) is 23.8 Å². The van der Waals surface area contributed by atoms with E-state index in [0.717, 1.165) is 28.4 Å². The maximum Gasteiger partial charge on any atom is 0.257 e. The van der Waals surface area contributed by atoms with Crippen molar-refractivity contribution in [2.24, 2.45) is 17.8 Å². The first kappa shape index (κ1) is 16.8. The van der Waals surface area contributed by atoms with E-state index in [-0.39, 0.29) is 0 Å². The molecule has 4 bridgehead atoms. The first-order chi connectivity index (χ1) is 13.8. The third-order valence-electron chi connectivity index (χ3n) is 7.07. The molecular formula is C23H24N2O2S. The van der Waals surface area contributed by atoms with E-state index >= 15 is 0 Å². The summed E-state index contributed by atoms with van der Waals surface area (Å²) >= 11 is 1.59. The van der Waals surface area contributed by atoms with Crippen LogP contribution in [0.2, 0.25) is 0 Å². The average Bonchev–Trinajstić information content (AvgIpc) is 3.37. The largest absolute Gasteiger partial charge is 0.484 e. The monoisotopic (exact) mass is 392 g/mol. The Hall–Kier alpha value is -2.14. The normalized spacial score (nSPS) is 30.6. The molecule has 0 atom stereocenters. The van der Waals surface area contributed by atoms with Crippen LogP contribution in [0, 0.1) is 17.8 Å². The van der Waals surface area contributed by atoms with Gasteiger partial charge in [0.1, 0.15) is 5.75 Å². The van der Waals surface area contributed by atoms with Crippen LogP contribution in [0.3, 0.4) is 0 Å². The summed E-state index contributed by atoms with van der Waals surface area (Å²) in [7, 11) is 0. The molecule has 0 radical (unpaired) electrons. The summed E-state index contributed by atoms with van der Waals surface area (Å²) in [6.45, 7) is 0.301. The molecule has 4 saturated carbocycles. The van der Waals surface area contributed by atoms with Gasteiger partial charge >= 0.3 is 0 Å². The zero-order valence-corrected chi connectivity index (χ0v) is 16.7. The second kappa shape index (κ2) is 6.45. The van der Waals surface area contributed by atoms with E-state index in [1.165, 1.54) is 44.1 Å². The minimum atomic E-state index is 0.301. The number of hydrogen-bond acceptors (Lipinski definition) is 5. The highest BCUT2D eigenvalue weighted by atomic mass is 32.1. The highest BCUT2D eigenvalue weighted by Gasteiger charge is 2.51. The fraction of sp³-hybridized carbons (Fsp3) is 0.478. The van der Waals surface area contributed by atoms with Crippen molar-refractivity contribution in [2.45, 2.75) is 50.5 Å². The maximum absolute atomic E-state index is 5.90. The number of nitrogens with zero attached hydrogens (tertiary/aromatic N) is 2. The van der Waals surface area contributed by atoms with Crippen LogP contribution in [0.4, 0.5) is 0 Å². The van der Waals surface area contributed by atoms with Crippen LogP contribution in [0.25, 0.3) is 10.8 Å². The lowest BCUT2D eigenvalue weighted by molar-refractivity contribution is -0.00521. The molecule has 4 aliphatic carbocycles. The summed E-state index contributed by atoms with van der Waals surface area (Å²) in [5, 5.41) is 10.2. The van der Waals surface area contributed by atoms with Gasteiger partial charge in [-0.05, 0) is 90.8 Å². The highest BCUT2D eigenvalue weighted by molar-refractivity contribution is 7.13. The Labute approximate surface area is 168 Å². The van der Waals surface area contributed by atoms with Crippen molar-refractivity contribution < 1.29 is 9.15 Å². The van der Waals surface area contributed by atoms with Crippen LogP contribution >= 0.6 is 11.3 Å². The summed E-state index contributed by atoms with van der Waals surface area (Å²) < 4.78 is 11.6. The summed E-state index contributed by atoms with van der Waals surface area (Å²) in [6.07, 6.45) is 8.64. The Morgan fingerprint density at radius 2 is 1.68 bits per heavy atom. The van der Waals surface area contributed by atoms with Crippen molar-refractivity contribution >= 4 is 11.3 Å². The van der Waals surface area contributed by atoms with Crippen LogP contribution < -0.4 is 4.74 Å². The van der Waals surface area contributed by atoms with E-state index in [1.54, 1.807) is 11.3 Å². The molecule has 0 amide bonds. The summed E-state index contributed by atoms with van der Waals surface area (Å²) in [5.74, 6) is 4.84. The van der Waals surface area contributed by atoms with E-state index in [1.807, 2.05) is 17.5 Å². The molecule has 0 spiro atoms. The first-order valence-electron chi connectivity index (χ1n) is 10.4. The van der Waals surface area contributed by atoms with Gasteiger partial charge in [-0.15, -0.1) is 21.5 Å². The van der Waals surface area contributed by atoms with Crippen molar-refractivity contribution in [3.05, 3.63) is 53.2 Å². The van der Waals surface area contributed by atoms with Crippen molar-refractivity contribution in [3.8, 4) is 16.5 Å². The van der Waals surface area contributed by atoms with E-state index in [9.17, 15) is 0 Å². The number of ether oxygens (including phenoxy) is 1. The third-order valence-corrected chi connectivity index (χ3v) is 7.92. The zero-order valence-electron chi connectivity index (χ0n) is 15.8. The lowest BCUT2D eigenvalue weighted by Gasteiger charge is -2.57. The predicted octanol–water partition coefficient (Wildman–Crippen LogP) is 5.84. The van der Waals surface area contributed by atoms with Gasteiger partial charge in [0.25, 0.3) is 11.8 Å². The molecule has 1 aromatic carbocycles. The van der Waals surface area contributed by atoms with Gasteiger partial charge in [0.2, 0.25) is 0 Å². The average molecular weight is 393 g/mol. The third kappa shape index (κ3) is 2.87. The number of benzene rings is 1. The molecule has 0 unspecified atom stereocenters.